The molecule has 1 heterocycles. The van der Waals surface area contributed by atoms with E-state index in [1.54, 1.807) is 6.07 Å². The average molecular weight is 315 g/mol. The highest BCUT2D eigenvalue weighted by Gasteiger charge is 2.09. The van der Waals surface area contributed by atoms with Crippen LogP contribution in [-0.4, -0.2) is 16.7 Å². The molecule has 96 valence electrons. The molecular formula is C11H12BrFN4O. The molecule has 0 atom stereocenters. The second kappa shape index (κ2) is 5.45. The van der Waals surface area contributed by atoms with E-state index in [0.29, 0.717) is 29.0 Å². The molecule has 18 heavy (non-hydrogen) atoms. The van der Waals surface area contributed by atoms with Crippen LogP contribution in [0.1, 0.15) is 11.5 Å². The number of rotatable bonds is 4. The zero-order valence-corrected chi connectivity index (χ0v) is 11.3. The largest absolute Gasteiger partial charge is 0.408 e. The van der Waals surface area contributed by atoms with Crippen molar-refractivity contribution in [1.29, 1.82) is 0 Å². The standard InChI is InChI=1S/C11H12BrFN4O/c1-6-4-7(12)8(13)5-9(6)15-11-17-16-10(18-11)2-3-14/h4-5H,2-3,14H2,1H3,(H,15,17). The molecule has 1 aromatic carbocycles. The molecule has 2 rings (SSSR count). The quantitative estimate of drug-likeness (QED) is 0.906. The molecule has 0 aliphatic rings. The summed E-state index contributed by atoms with van der Waals surface area (Å²) in [5.41, 5.74) is 6.82. The number of halogens is 2. The van der Waals surface area contributed by atoms with Crippen LogP contribution in [0.5, 0.6) is 0 Å². The minimum absolute atomic E-state index is 0.225. The number of aromatic nitrogens is 2. The first kappa shape index (κ1) is 13.0. The van der Waals surface area contributed by atoms with Crippen LogP contribution in [0.4, 0.5) is 16.1 Å². The molecule has 0 fully saturated rings. The zero-order chi connectivity index (χ0) is 13.1. The van der Waals surface area contributed by atoms with E-state index in [0.717, 1.165) is 5.56 Å². The van der Waals surface area contributed by atoms with Gasteiger partial charge >= 0.3 is 6.01 Å². The van der Waals surface area contributed by atoms with Gasteiger partial charge in [-0.2, -0.15) is 0 Å². The molecule has 0 aliphatic carbocycles. The van der Waals surface area contributed by atoms with Gasteiger partial charge in [0.2, 0.25) is 5.89 Å². The summed E-state index contributed by atoms with van der Waals surface area (Å²) in [6.45, 7) is 2.29. The maximum absolute atomic E-state index is 13.4. The summed E-state index contributed by atoms with van der Waals surface area (Å²) in [4.78, 5) is 0. The Labute approximate surface area is 112 Å². The third-order valence-corrected chi connectivity index (χ3v) is 2.94. The number of anilines is 2. The first-order valence-electron chi connectivity index (χ1n) is 5.35. The summed E-state index contributed by atoms with van der Waals surface area (Å²) in [6.07, 6.45) is 0.516. The monoisotopic (exact) mass is 314 g/mol. The first-order chi connectivity index (χ1) is 8.60. The van der Waals surface area contributed by atoms with Gasteiger partial charge in [-0.3, -0.25) is 0 Å². The molecule has 0 saturated heterocycles. The lowest BCUT2D eigenvalue weighted by Gasteiger charge is -2.06. The van der Waals surface area contributed by atoms with Gasteiger partial charge in [0.25, 0.3) is 0 Å². The molecule has 0 spiro atoms. The van der Waals surface area contributed by atoms with Gasteiger partial charge in [0.15, 0.2) is 0 Å². The van der Waals surface area contributed by atoms with Gasteiger partial charge in [0.05, 0.1) is 4.47 Å². The highest BCUT2D eigenvalue weighted by molar-refractivity contribution is 9.10. The van der Waals surface area contributed by atoms with E-state index in [2.05, 4.69) is 31.4 Å². The lowest BCUT2D eigenvalue weighted by molar-refractivity contribution is 0.509. The predicted molar refractivity (Wildman–Crippen MR) is 69.2 cm³/mol. The molecule has 3 N–H and O–H groups in total. The number of aryl methyl sites for hydroxylation is 1. The van der Waals surface area contributed by atoms with Crippen LogP contribution in [0.15, 0.2) is 21.0 Å². The van der Waals surface area contributed by atoms with Crippen molar-refractivity contribution in [3.8, 4) is 0 Å². The highest BCUT2D eigenvalue weighted by atomic mass is 79.9. The van der Waals surface area contributed by atoms with Crippen LogP contribution in [0.2, 0.25) is 0 Å². The molecule has 0 saturated carbocycles. The van der Waals surface area contributed by atoms with Crippen LogP contribution >= 0.6 is 15.9 Å². The lowest BCUT2D eigenvalue weighted by atomic mass is 10.2. The molecule has 0 amide bonds. The second-order valence-corrected chi connectivity index (χ2v) is 4.60. The maximum atomic E-state index is 13.4. The molecular weight excluding hydrogens is 303 g/mol. The average Bonchev–Trinajstić information content (AvgIpc) is 2.74. The molecule has 2 aromatic rings. The van der Waals surface area contributed by atoms with E-state index < -0.39 is 0 Å². The van der Waals surface area contributed by atoms with E-state index in [9.17, 15) is 4.39 Å². The SMILES string of the molecule is Cc1cc(Br)c(F)cc1Nc1nnc(CCN)o1. The van der Waals surface area contributed by atoms with E-state index in [4.69, 9.17) is 10.2 Å². The van der Waals surface area contributed by atoms with Crippen molar-refractivity contribution in [1.82, 2.24) is 10.2 Å². The Balaban J connectivity index is 2.20. The van der Waals surface area contributed by atoms with E-state index in [1.165, 1.54) is 6.07 Å². The molecule has 1 aromatic heterocycles. The summed E-state index contributed by atoms with van der Waals surface area (Å²) in [5.74, 6) is 0.0973. The minimum atomic E-state index is -0.357. The zero-order valence-electron chi connectivity index (χ0n) is 9.70. The third-order valence-electron chi connectivity index (χ3n) is 2.33. The van der Waals surface area contributed by atoms with Crippen molar-refractivity contribution in [3.63, 3.8) is 0 Å². The Kier molecular flexibility index (Phi) is 3.93. The molecule has 0 unspecified atom stereocenters. The van der Waals surface area contributed by atoms with Gasteiger partial charge in [-0.1, -0.05) is 5.10 Å². The Morgan fingerprint density at radius 3 is 2.94 bits per heavy atom. The number of hydrogen-bond acceptors (Lipinski definition) is 5. The summed E-state index contributed by atoms with van der Waals surface area (Å²) in [5, 5.41) is 10.5. The van der Waals surface area contributed by atoms with Crippen LogP contribution in [0.3, 0.4) is 0 Å². The number of hydrogen-bond donors (Lipinski definition) is 2. The van der Waals surface area contributed by atoms with Crippen LogP contribution < -0.4 is 11.1 Å². The number of nitrogens with two attached hydrogens (primary N) is 1. The van der Waals surface area contributed by atoms with Gasteiger partial charge in [0.1, 0.15) is 5.82 Å². The topological polar surface area (TPSA) is 77.0 Å². The van der Waals surface area contributed by atoms with E-state index in [1.807, 2.05) is 6.92 Å². The Morgan fingerprint density at radius 2 is 2.22 bits per heavy atom. The molecule has 0 bridgehead atoms. The fourth-order valence-corrected chi connectivity index (χ4v) is 1.88. The van der Waals surface area contributed by atoms with Gasteiger partial charge < -0.3 is 15.5 Å². The fourth-order valence-electron chi connectivity index (χ4n) is 1.42. The predicted octanol–water partition coefficient (Wildman–Crippen LogP) is 2.52. The number of benzene rings is 1. The maximum Gasteiger partial charge on any atom is 0.320 e. The van der Waals surface area contributed by atoms with Crippen molar-refractivity contribution in [2.24, 2.45) is 5.73 Å². The highest BCUT2D eigenvalue weighted by Crippen LogP contribution is 2.26. The second-order valence-electron chi connectivity index (χ2n) is 3.75. The summed E-state index contributed by atoms with van der Waals surface area (Å²) >= 11 is 3.12. The van der Waals surface area contributed by atoms with E-state index in [-0.39, 0.29) is 11.8 Å². The summed E-state index contributed by atoms with van der Waals surface area (Å²) in [7, 11) is 0. The van der Waals surface area contributed by atoms with Crippen LogP contribution in [-0.2, 0) is 6.42 Å². The van der Waals surface area contributed by atoms with Crippen molar-refractivity contribution in [2.75, 3.05) is 11.9 Å². The third kappa shape index (κ3) is 2.85. The minimum Gasteiger partial charge on any atom is -0.408 e. The lowest BCUT2D eigenvalue weighted by Crippen LogP contribution is -2.02. The van der Waals surface area contributed by atoms with Crippen molar-refractivity contribution < 1.29 is 8.81 Å². The molecule has 7 heteroatoms. The first-order valence-corrected chi connectivity index (χ1v) is 6.14. The van der Waals surface area contributed by atoms with Crippen LogP contribution in [0.25, 0.3) is 0 Å². The van der Waals surface area contributed by atoms with Gasteiger partial charge in [0, 0.05) is 18.7 Å². The fraction of sp³-hybridized carbons (Fsp3) is 0.273. The molecule has 0 aliphatic heterocycles. The van der Waals surface area contributed by atoms with Crippen molar-refractivity contribution in [3.05, 3.63) is 33.9 Å². The Hall–Kier alpha value is -1.47. The smallest absolute Gasteiger partial charge is 0.320 e. The van der Waals surface area contributed by atoms with Gasteiger partial charge in [-0.25, -0.2) is 4.39 Å². The molecule has 0 radical (unpaired) electrons. The van der Waals surface area contributed by atoms with Crippen molar-refractivity contribution >= 4 is 27.6 Å². The van der Waals surface area contributed by atoms with Crippen LogP contribution in [0, 0.1) is 12.7 Å². The van der Waals surface area contributed by atoms with Gasteiger partial charge in [-0.05, 0) is 40.5 Å². The van der Waals surface area contributed by atoms with Gasteiger partial charge in [-0.15, -0.1) is 5.10 Å². The normalized spacial score (nSPS) is 10.7. The summed E-state index contributed by atoms with van der Waals surface area (Å²) < 4.78 is 19.1. The molecule has 5 nitrogen and oxygen atoms in total. The van der Waals surface area contributed by atoms with Crippen molar-refractivity contribution in [2.45, 2.75) is 13.3 Å². The Bertz CT molecular complexity index is 558. The number of nitrogens with one attached hydrogen (secondary N) is 1. The number of nitrogens with zero attached hydrogens (tertiary/aromatic N) is 2. The van der Waals surface area contributed by atoms with E-state index >= 15 is 0 Å². The summed E-state index contributed by atoms with van der Waals surface area (Å²) in [6, 6.07) is 3.27. The Morgan fingerprint density at radius 1 is 1.44 bits per heavy atom.